The van der Waals surface area contributed by atoms with Crippen molar-refractivity contribution < 1.29 is 9.53 Å². The second-order valence-corrected chi connectivity index (χ2v) is 4.96. The smallest absolute Gasteiger partial charge is 0.323 e. The van der Waals surface area contributed by atoms with Crippen LogP contribution in [-0.4, -0.2) is 13.1 Å². The summed E-state index contributed by atoms with van der Waals surface area (Å²) in [6, 6.07) is 11.9. The van der Waals surface area contributed by atoms with Gasteiger partial charge in [-0.2, -0.15) is 0 Å². The van der Waals surface area contributed by atoms with Crippen molar-refractivity contribution in [1.29, 1.82) is 0 Å². The van der Waals surface area contributed by atoms with Crippen LogP contribution in [0.4, 0.5) is 21.9 Å². The van der Waals surface area contributed by atoms with Gasteiger partial charge < -0.3 is 21.1 Å². The summed E-state index contributed by atoms with van der Waals surface area (Å²) in [7, 11) is 1.55. The monoisotopic (exact) mass is 335 g/mol. The Labute approximate surface area is 125 Å². The van der Waals surface area contributed by atoms with Gasteiger partial charge in [0.1, 0.15) is 5.75 Å². The highest BCUT2D eigenvalue weighted by Crippen LogP contribution is 2.28. The Bertz CT molecular complexity index is 632. The molecule has 0 bridgehead atoms. The van der Waals surface area contributed by atoms with Crippen molar-refractivity contribution >= 4 is 39.0 Å². The lowest BCUT2D eigenvalue weighted by molar-refractivity contribution is 0.262. The second kappa shape index (κ2) is 6.29. The number of carbonyl (C=O) groups excluding carboxylic acids is 1. The van der Waals surface area contributed by atoms with E-state index in [1.165, 1.54) is 0 Å². The third-order valence-electron chi connectivity index (χ3n) is 2.55. The van der Waals surface area contributed by atoms with Gasteiger partial charge in [-0.3, -0.25) is 0 Å². The number of nitrogens with two attached hydrogens (primary N) is 1. The molecule has 0 aliphatic rings. The van der Waals surface area contributed by atoms with Crippen molar-refractivity contribution in [2.45, 2.75) is 0 Å². The summed E-state index contributed by atoms with van der Waals surface area (Å²) in [6.07, 6.45) is 0. The number of anilines is 3. The van der Waals surface area contributed by atoms with Gasteiger partial charge in [-0.1, -0.05) is 22.0 Å². The molecule has 0 unspecified atom stereocenters. The molecule has 0 heterocycles. The van der Waals surface area contributed by atoms with Crippen LogP contribution < -0.4 is 21.1 Å². The molecule has 0 aromatic heterocycles. The van der Waals surface area contributed by atoms with Crippen LogP contribution in [0.2, 0.25) is 0 Å². The predicted molar refractivity (Wildman–Crippen MR) is 84.2 cm³/mol. The number of methoxy groups -OCH3 is 1. The molecule has 20 heavy (non-hydrogen) atoms. The number of halogens is 1. The molecule has 0 spiro atoms. The fourth-order valence-corrected chi connectivity index (χ4v) is 2.04. The molecule has 0 saturated carbocycles. The standard InChI is InChI=1S/C14H14BrN3O2/c1-20-13-6-5-9(15)7-12(13)18-14(19)17-11-4-2-3-10(16)8-11/h2-8H,16H2,1H3,(H2,17,18,19). The van der Waals surface area contributed by atoms with E-state index in [0.29, 0.717) is 22.8 Å². The summed E-state index contributed by atoms with van der Waals surface area (Å²) in [5.74, 6) is 0.580. The molecule has 6 heteroatoms. The molecule has 0 aliphatic carbocycles. The first kappa shape index (κ1) is 14.2. The lowest BCUT2D eigenvalue weighted by Gasteiger charge is -2.11. The lowest BCUT2D eigenvalue weighted by Crippen LogP contribution is -2.19. The van der Waals surface area contributed by atoms with E-state index in [1.807, 2.05) is 6.07 Å². The summed E-state index contributed by atoms with van der Waals surface area (Å²) in [5.41, 5.74) is 7.43. The van der Waals surface area contributed by atoms with Gasteiger partial charge in [-0.15, -0.1) is 0 Å². The zero-order valence-corrected chi connectivity index (χ0v) is 12.4. The summed E-state index contributed by atoms with van der Waals surface area (Å²) >= 11 is 3.35. The molecule has 2 amide bonds. The van der Waals surface area contributed by atoms with Gasteiger partial charge in [0.05, 0.1) is 12.8 Å². The number of hydrogen-bond acceptors (Lipinski definition) is 3. The van der Waals surface area contributed by atoms with Crippen LogP contribution in [0.25, 0.3) is 0 Å². The van der Waals surface area contributed by atoms with E-state index in [1.54, 1.807) is 43.5 Å². The molecule has 0 fully saturated rings. The van der Waals surface area contributed by atoms with E-state index in [-0.39, 0.29) is 6.03 Å². The summed E-state index contributed by atoms with van der Waals surface area (Å²) in [5, 5.41) is 5.43. The van der Waals surface area contributed by atoms with Crippen LogP contribution >= 0.6 is 15.9 Å². The fraction of sp³-hybridized carbons (Fsp3) is 0.0714. The van der Waals surface area contributed by atoms with Crippen molar-refractivity contribution in [1.82, 2.24) is 0 Å². The predicted octanol–water partition coefficient (Wildman–Crippen LogP) is 3.68. The minimum Gasteiger partial charge on any atom is -0.495 e. The van der Waals surface area contributed by atoms with Crippen molar-refractivity contribution in [3.8, 4) is 5.75 Å². The molecule has 4 N–H and O–H groups in total. The third kappa shape index (κ3) is 3.64. The average Bonchev–Trinajstić information content (AvgIpc) is 2.38. The second-order valence-electron chi connectivity index (χ2n) is 4.05. The van der Waals surface area contributed by atoms with Crippen LogP contribution in [0.1, 0.15) is 0 Å². The Hall–Kier alpha value is -2.21. The fourth-order valence-electron chi connectivity index (χ4n) is 1.68. The maximum absolute atomic E-state index is 11.9. The van der Waals surface area contributed by atoms with Gasteiger partial charge in [-0.05, 0) is 36.4 Å². The molecule has 0 aliphatic heterocycles. The molecule has 0 radical (unpaired) electrons. The number of nitrogens with one attached hydrogen (secondary N) is 2. The summed E-state index contributed by atoms with van der Waals surface area (Å²) < 4.78 is 6.03. The largest absolute Gasteiger partial charge is 0.495 e. The molecule has 104 valence electrons. The maximum atomic E-state index is 11.9. The van der Waals surface area contributed by atoms with Gasteiger partial charge in [-0.25, -0.2) is 4.79 Å². The van der Waals surface area contributed by atoms with Crippen LogP contribution in [0.15, 0.2) is 46.9 Å². The number of benzene rings is 2. The molecular weight excluding hydrogens is 322 g/mol. The van der Waals surface area contributed by atoms with E-state index in [9.17, 15) is 4.79 Å². The number of amides is 2. The molecular formula is C14H14BrN3O2. The van der Waals surface area contributed by atoms with E-state index in [4.69, 9.17) is 10.5 Å². The first-order valence-electron chi connectivity index (χ1n) is 5.85. The molecule has 5 nitrogen and oxygen atoms in total. The highest BCUT2D eigenvalue weighted by molar-refractivity contribution is 9.10. The molecule has 2 aromatic carbocycles. The van der Waals surface area contributed by atoms with Gasteiger partial charge in [0.2, 0.25) is 0 Å². The first-order chi connectivity index (χ1) is 9.58. The van der Waals surface area contributed by atoms with Gasteiger partial charge in [0.25, 0.3) is 0 Å². The SMILES string of the molecule is COc1ccc(Br)cc1NC(=O)Nc1cccc(N)c1. The van der Waals surface area contributed by atoms with Gasteiger partial charge in [0, 0.05) is 15.8 Å². The lowest BCUT2D eigenvalue weighted by atomic mass is 10.3. The van der Waals surface area contributed by atoms with Crippen LogP contribution in [0.3, 0.4) is 0 Å². The van der Waals surface area contributed by atoms with Gasteiger partial charge in [0.15, 0.2) is 0 Å². The number of carbonyl (C=O) groups is 1. The summed E-state index contributed by atoms with van der Waals surface area (Å²) in [4.78, 5) is 11.9. The minimum atomic E-state index is -0.369. The Morgan fingerprint density at radius 1 is 1.20 bits per heavy atom. The van der Waals surface area contributed by atoms with E-state index < -0.39 is 0 Å². The van der Waals surface area contributed by atoms with Crippen LogP contribution in [0.5, 0.6) is 5.75 Å². The van der Waals surface area contributed by atoms with Crippen molar-refractivity contribution in [2.75, 3.05) is 23.5 Å². The highest BCUT2D eigenvalue weighted by atomic mass is 79.9. The van der Waals surface area contributed by atoms with Gasteiger partial charge >= 0.3 is 6.03 Å². The average molecular weight is 336 g/mol. The first-order valence-corrected chi connectivity index (χ1v) is 6.65. The minimum absolute atomic E-state index is 0.369. The molecule has 2 aromatic rings. The molecule has 2 rings (SSSR count). The van der Waals surface area contributed by atoms with Crippen molar-refractivity contribution in [3.63, 3.8) is 0 Å². The molecule has 0 atom stereocenters. The number of hydrogen-bond donors (Lipinski definition) is 3. The van der Waals surface area contributed by atoms with E-state index in [2.05, 4.69) is 26.6 Å². The third-order valence-corrected chi connectivity index (χ3v) is 3.05. The highest BCUT2D eigenvalue weighted by Gasteiger charge is 2.08. The number of nitrogen functional groups attached to an aromatic ring is 1. The Balaban J connectivity index is 2.10. The number of urea groups is 1. The zero-order valence-electron chi connectivity index (χ0n) is 10.8. The van der Waals surface area contributed by atoms with E-state index in [0.717, 1.165) is 4.47 Å². The quantitative estimate of drug-likeness (QED) is 0.748. The zero-order chi connectivity index (χ0) is 14.5. The Kier molecular flexibility index (Phi) is 4.47. The van der Waals surface area contributed by atoms with E-state index >= 15 is 0 Å². The Morgan fingerprint density at radius 2 is 2.00 bits per heavy atom. The normalized spacial score (nSPS) is 9.90. The van der Waals surface area contributed by atoms with Crippen molar-refractivity contribution in [3.05, 3.63) is 46.9 Å². The Morgan fingerprint density at radius 3 is 2.70 bits per heavy atom. The topological polar surface area (TPSA) is 76.4 Å². The van der Waals surface area contributed by atoms with Crippen LogP contribution in [-0.2, 0) is 0 Å². The number of ether oxygens (including phenoxy) is 1. The molecule has 0 saturated heterocycles. The summed E-state index contributed by atoms with van der Waals surface area (Å²) in [6.45, 7) is 0. The van der Waals surface area contributed by atoms with Crippen LogP contribution in [0, 0.1) is 0 Å². The van der Waals surface area contributed by atoms with Crippen molar-refractivity contribution in [2.24, 2.45) is 0 Å². The maximum Gasteiger partial charge on any atom is 0.323 e. The number of rotatable bonds is 3.